The molecule has 0 amide bonds. The molecule has 10 heavy (non-hydrogen) atoms. The molecule has 0 saturated heterocycles. The first kappa shape index (κ1) is 9.24. The fourth-order valence-corrected chi connectivity index (χ4v) is 0.628. The lowest BCUT2D eigenvalue weighted by Crippen LogP contribution is -2.18. The molecule has 0 aromatic carbocycles. The van der Waals surface area contributed by atoms with Gasteiger partial charge in [0.05, 0.1) is 6.61 Å². The fraction of sp³-hybridized carbons (Fsp3) is 0.500. The van der Waals surface area contributed by atoms with E-state index >= 15 is 0 Å². The Hall–Kier alpha value is -0.760. The van der Waals surface area contributed by atoms with Crippen LogP contribution >= 0.6 is 0 Å². The van der Waals surface area contributed by atoms with Crippen molar-refractivity contribution >= 4 is 0 Å². The van der Waals surface area contributed by atoms with E-state index in [2.05, 4.69) is 13.2 Å². The van der Waals surface area contributed by atoms with Crippen LogP contribution in [-0.4, -0.2) is 25.2 Å². The van der Waals surface area contributed by atoms with Crippen molar-refractivity contribution in [3.8, 4) is 0 Å². The van der Waals surface area contributed by atoms with Crippen LogP contribution in [0, 0.1) is 0 Å². The van der Waals surface area contributed by atoms with Crippen LogP contribution in [0.2, 0.25) is 0 Å². The van der Waals surface area contributed by atoms with E-state index < -0.39 is 0 Å². The van der Waals surface area contributed by atoms with Gasteiger partial charge in [0.25, 0.3) is 0 Å². The quantitative estimate of drug-likeness (QED) is 0.576. The molecule has 0 aromatic rings. The Bertz CT molecular complexity index is 120. The van der Waals surface area contributed by atoms with E-state index in [1.165, 1.54) is 0 Å². The molecule has 0 saturated carbocycles. The molecular weight excluding hydrogens is 126 g/mol. The van der Waals surface area contributed by atoms with Crippen LogP contribution in [-0.2, 0) is 4.74 Å². The van der Waals surface area contributed by atoms with Gasteiger partial charge in [-0.1, -0.05) is 13.2 Å². The van der Waals surface area contributed by atoms with Crippen molar-refractivity contribution in [3.05, 3.63) is 25.1 Å². The molecule has 0 aliphatic rings. The summed E-state index contributed by atoms with van der Waals surface area (Å²) < 4.78 is 4.89. The molecule has 0 aliphatic heterocycles. The molecule has 0 N–H and O–H groups in total. The molecule has 58 valence electrons. The Kier molecular flexibility index (Phi) is 4.67. The predicted octanol–water partition coefficient (Wildman–Crippen LogP) is 1.61. The highest BCUT2D eigenvalue weighted by atomic mass is 16.5. The molecule has 0 fully saturated rings. The highest BCUT2D eigenvalue weighted by molar-refractivity contribution is 4.93. The van der Waals surface area contributed by atoms with E-state index in [1.54, 1.807) is 13.3 Å². The zero-order chi connectivity index (χ0) is 7.98. The van der Waals surface area contributed by atoms with Gasteiger partial charge < -0.3 is 9.64 Å². The van der Waals surface area contributed by atoms with Crippen molar-refractivity contribution in [2.75, 3.05) is 20.3 Å². The monoisotopic (exact) mass is 141 g/mol. The van der Waals surface area contributed by atoms with Crippen LogP contribution in [0.3, 0.4) is 0 Å². The number of nitrogens with zero attached hydrogens (tertiary/aromatic N) is 1. The van der Waals surface area contributed by atoms with Crippen LogP contribution < -0.4 is 0 Å². The SMILES string of the molecule is C=CN(CCOC)C(=C)C. The van der Waals surface area contributed by atoms with E-state index in [9.17, 15) is 0 Å². The van der Waals surface area contributed by atoms with Gasteiger partial charge in [-0.25, -0.2) is 0 Å². The van der Waals surface area contributed by atoms with E-state index in [0.717, 1.165) is 12.2 Å². The predicted molar refractivity (Wildman–Crippen MR) is 43.6 cm³/mol. The van der Waals surface area contributed by atoms with Crippen LogP contribution in [0.25, 0.3) is 0 Å². The standard InChI is InChI=1S/C8H15NO/c1-5-9(8(2)3)6-7-10-4/h5H,1-2,6-7H2,3-4H3. The maximum atomic E-state index is 4.89. The lowest BCUT2D eigenvalue weighted by atomic mass is 10.4. The lowest BCUT2D eigenvalue weighted by molar-refractivity contribution is 0.179. The molecule has 0 rings (SSSR count). The van der Waals surface area contributed by atoms with Gasteiger partial charge in [0.1, 0.15) is 0 Å². The number of hydrogen-bond acceptors (Lipinski definition) is 2. The Balaban J connectivity index is 3.60. The highest BCUT2D eigenvalue weighted by Crippen LogP contribution is 1.98. The van der Waals surface area contributed by atoms with Crippen LogP contribution in [0.1, 0.15) is 6.92 Å². The van der Waals surface area contributed by atoms with Gasteiger partial charge in [-0.05, 0) is 13.1 Å². The van der Waals surface area contributed by atoms with Gasteiger partial charge in [0.15, 0.2) is 0 Å². The lowest BCUT2D eigenvalue weighted by Gasteiger charge is -2.18. The van der Waals surface area contributed by atoms with Gasteiger partial charge >= 0.3 is 0 Å². The summed E-state index contributed by atoms with van der Waals surface area (Å²) in [4.78, 5) is 1.95. The Labute approximate surface area is 62.8 Å². The molecule has 0 aromatic heterocycles. The second kappa shape index (κ2) is 5.06. The first-order chi connectivity index (χ1) is 4.72. The van der Waals surface area contributed by atoms with Crippen molar-refractivity contribution in [1.82, 2.24) is 4.90 Å². The summed E-state index contributed by atoms with van der Waals surface area (Å²) in [7, 11) is 1.68. The Morgan fingerprint density at radius 3 is 2.60 bits per heavy atom. The maximum Gasteiger partial charge on any atom is 0.0641 e. The minimum absolute atomic E-state index is 0.707. The summed E-state index contributed by atoms with van der Waals surface area (Å²) in [5.41, 5.74) is 0.993. The Morgan fingerprint density at radius 2 is 2.30 bits per heavy atom. The number of hydrogen-bond donors (Lipinski definition) is 0. The molecule has 0 unspecified atom stereocenters. The van der Waals surface area contributed by atoms with Gasteiger partial charge in [0, 0.05) is 19.4 Å². The summed E-state index contributed by atoms with van der Waals surface area (Å²) in [6.45, 7) is 10.9. The zero-order valence-electron chi connectivity index (χ0n) is 6.76. The normalized spacial score (nSPS) is 9.00. The average molecular weight is 141 g/mol. The molecular formula is C8H15NO. The smallest absolute Gasteiger partial charge is 0.0641 e. The zero-order valence-corrected chi connectivity index (χ0v) is 6.76. The number of rotatable bonds is 5. The van der Waals surface area contributed by atoms with Crippen molar-refractivity contribution < 1.29 is 4.74 Å². The minimum atomic E-state index is 0.707. The number of ether oxygens (including phenoxy) is 1. The van der Waals surface area contributed by atoms with Crippen LogP contribution in [0.4, 0.5) is 0 Å². The van der Waals surface area contributed by atoms with E-state index in [1.807, 2.05) is 11.8 Å². The first-order valence-corrected chi connectivity index (χ1v) is 3.26. The largest absolute Gasteiger partial charge is 0.383 e. The molecule has 0 aliphatic carbocycles. The fourth-order valence-electron chi connectivity index (χ4n) is 0.628. The molecule has 0 bridgehead atoms. The Morgan fingerprint density at radius 1 is 1.70 bits per heavy atom. The van der Waals surface area contributed by atoms with Crippen molar-refractivity contribution in [2.45, 2.75) is 6.92 Å². The molecule has 0 spiro atoms. The summed E-state index contributed by atoms with van der Waals surface area (Å²) in [6.07, 6.45) is 1.75. The van der Waals surface area contributed by atoms with E-state index in [4.69, 9.17) is 4.74 Å². The van der Waals surface area contributed by atoms with Gasteiger partial charge in [-0.15, -0.1) is 0 Å². The summed E-state index contributed by atoms with van der Waals surface area (Å²) in [5, 5.41) is 0. The molecule has 0 radical (unpaired) electrons. The second-order valence-electron chi connectivity index (χ2n) is 2.10. The van der Waals surface area contributed by atoms with Gasteiger partial charge in [0.2, 0.25) is 0 Å². The second-order valence-corrected chi connectivity index (χ2v) is 2.10. The van der Waals surface area contributed by atoms with E-state index in [-0.39, 0.29) is 0 Å². The van der Waals surface area contributed by atoms with Crippen LogP contribution in [0.15, 0.2) is 25.1 Å². The minimum Gasteiger partial charge on any atom is -0.383 e. The molecule has 2 heteroatoms. The highest BCUT2D eigenvalue weighted by Gasteiger charge is 1.95. The van der Waals surface area contributed by atoms with Crippen molar-refractivity contribution in [3.63, 3.8) is 0 Å². The third-order valence-corrected chi connectivity index (χ3v) is 1.25. The maximum absolute atomic E-state index is 4.89. The molecule has 2 nitrogen and oxygen atoms in total. The summed E-state index contributed by atoms with van der Waals surface area (Å²) in [6, 6.07) is 0. The number of methoxy groups -OCH3 is 1. The third-order valence-electron chi connectivity index (χ3n) is 1.25. The van der Waals surface area contributed by atoms with Gasteiger partial charge in [-0.2, -0.15) is 0 Å². The van der Waals surface area contributed by atoms with E-state index in [0.29, 0.717) is 6.61 Å². The third kappa shape index (κ3) is 3.30. The van der Waals surface area contributed by atoms with Crippen molar-refractivity contribution in [1.29, 1.82) is 0 Å². The molecule has 0 atom stereocenters. The molecule has 0 heterocycles. The summed E-state index contributed by atoms with van der Waals surface area (Å²) in [5.74, 6) is 0. The average Bonchev–Trinajstić information content (AvgIpc) is 1.89. The van der Waals surface area contributed by atoms with Gasteiger partial charge in [-0.3, -0.25) is 0 Å². The first-order valence-electron chi connectivity index (χ1n) is 3.26. The van der Waals surface area contributed by atoms with Crippen molar-refractivity contribution in [2.24, 2.45) is 0 Å². The van der Waals surface area contributed by atoms with Crippen LogP contribution in [0.5, 0.6) is 0 Å². The topological polar surface area (TPSA) is 12.5 Å². The number of allylic oxidation sites excluding steroid dienone is 1. The summed E-state index contributed by atoms with van der Waals surface area (Å²) >= 11 is 0.